The van der Waals surface area contributed by atoms with Crippen LogP contribution < -0.4 is 15.8 Å². The number of aliphatic imine (C=N–C) groups is 1. The summed E-state index contributed by atoms with van der Waals surface area (Å²) in [4.78, 5) is 22.2. The monoisotopic (exact) mass is 520 g/mol. The van der Waals surface area contributed by atoms with Gasteiger partial charge in [-0.3, -0.25) is 9.79 Å². The van der Waals surface area contributed by atoms with E-state index in [1.807, 2.05) is 19.9 Å². The van der Waals surface area contributed by atoms with Crippen LogP contribution in [0.3, 0.4) is 0 Å². The molecule has 0 saturated heterocycles. The number of aryl methyl sites for hydroxylation is 1. The van der Waals surface area contributed by atoms with Crippen molar-refractivity contribution in [2.24, 2.45) is 16.6 Å². The summed E-state index contributed by atoms with van der Waals surface area (Å²) < 4.78 is 32.2. The number of hydrogen-bond acceptors (Lipinski definition) is 7. The number of rotatable bonds is 2. The van der Waals surface area contributed by atoms with Crippen molar-refractivity contribution in [1.29, 1.82) is 0 Å². The molecule has 194 valence electrons. The van der Waals surface area contributed by atoms with Crippen molar-refractivity contribution in [2.75, 3.05) is 5.32 Å². The van der Waals surface area contributed by atoms with Crippen molar-refractivity contribution in [3.8, 4) is 17.6 Å². The Morgan fingerprint density at radius 3 is 2.62 bits per heavy atom. The highest BCUT2D eigenvalue weighted by Crippen LogP contribution is 2.49. The van der Waals surface area contributed by atoms with Gasteiger partial charge in [0.1, 0.15) is 27.6 Å². The number of sulfone groups is 1. The molecule has 3 aliphatic rings. The summed E-state index contributed by atoms with van der Waals surface area (Å²) in [6.45, 7) is 8.63. The Bertz CT molecular complexity index is 1500. The lowest BCUT2D eigenvalue weighted by Gasteiger charge is -2.43. The summed E-state index contributed by atoms with van der Waals surface area (Å²) in [5, 5.41) is 2.06. The molecule has 1 aliphatic carbocycles. The van der Waals surface area contributed by atoms with Crippen LogP contribution in [-0.4, -0.2) is 41.2 Å². The number of nitrogens with zero attached hydrogens (tertiary/aromatic N) is 2. The highest BCUT2D eigenvalue weighted by atomic mass is 32.2. The fourth-order valence-corrected chi connectivity index (χ4v) is 7.36. The molecular formula is C28H32N4O4S. The van der Waals surface area contributed by atoms with E-state index in [-0.39, 0.29) is 24.3 Å². The van der Waals surface area contributed by atoms with Crippen molar-refractivity contribution >= 4 is 27.3 Å². The summed E-state index contributed by atoms with van der Waals surface area (Å²) in [5.41, 5.74) is 7.91. The van der Waals surface area contributed by atoms with E-state index >= 15 is 0 Å². The number of benzene rings is 1. The number of nitrogens with one attached hydrogen (secondary N) is 1. The van der Waals surface area contributed by atoms with Gasteiger partial charge in [-0.05, 0) is 77.3 Å². The Kier molecular flexibility index (Phi) is 5.87. The maximum atomic E-state index is 13.7. The van der Waals surface area contributed by atoms with Crippen LogP contribution in [0.15, 0.2) is 35.5 Å². The second-order valence-corrected chi connectivity index (χ2v) is 13.6. The highest BCUT2D eigenvalue weighted by Gasteiger charge is 2.58. The third-order valence-corrected chi connectivity index (χ3v) is 10.7. The fourth-order valence-electron chi connectivity index (χ4n) is 5.01. The van der Waals surface area contributed by atoms with Crippen LogP contribution in [0.4, 0.5) is 5.69 Å². The number of fused-ring (bicyclic) bond motifs is 3. The Balaban J connectivity index is 1.50. The van der Waals surface area contributed by atoms with Gasteiger partial charge in [0.2, 0.25) is 0 Å². The van der Waals surface area contributed by atoms with E-state index in [2.05, 4.69) is 22.1 Å². The lowest BCUT2D eigenvalue weighted by atomic mass is 9.85. The average molecular weight is 521 g/mol. The molecule has 1 fully saturated rings. The number of ether oxygens (including phenoxy) is 1. The van der Waals surface area contributed by atoms with Crippen LogP contribution in [0.2, 0.25) is 0 Å². The Morgan fingerprint density at radius 1 is 1.22 bits per heavy atom. The molecule has 3 N–H and O–H groups in total. The molecule has 37 heavy (non-hydrogen) atoms. The quantitative estimate of drug-likeness (QED) is 0.582. The largest absolute Gasteiger partial charge is 0.490 e. The average Bonchev–Trinajstić information content (AvgIpc) is 3.66. The molecule has 1 amide bonds. The van der Waals surface area contributed by atoms with Gasteiger partial charge in [-0.15, -0.1) is 0 Å². The van der Waals surface area contributed by atoms with E-state index in [9.17, 15) is 13.2 Å². The first-order valence-electron chi connectivity index (χ1n) is 12.5. The molecule has 3 atom stereocenters. The van der Waals surface area contributed by atoms with Crippen LogP contribution >= 0.6 is 0 Å². The Labute approximate surface area is 218 Å². The number of amides is 1. The SMILES string of the molecule is Cc1cc(C#CC2CC2)cnc1C(=O)Nc1ccc2c(c1)[C@@]1(C)N=C(N)C(C)(C)S(=O)(=O)[C@@H]1C[C@H](C)O2. The van der Waals surface area contributed by atoms with Crippen LogP contribution in [0.1, 0.15) is 74.1 Å². The first-order valence-corrected chi connectivity index (χ1v) is 14.1. The maximum absolute atomic E-state index is 13.7. The van der Waals surface area contributed by atoms with Gasteiger partial charge in [0, 0.05) is 35.3 Å². The summed E-state index contributed by atoms with van der Waals surface area (Å²) in [6, 6.07) is 7.06. The molecule has 0 unspecified atom stereocenters. The number of amidine groups is 1. The van der Waals surface area contributed by atoms with Crippen molar-refractivity contribution in [1.82, 2.24) is 4.98 Å². The highest BCUT2D eigenvalue weighted by molar-refractivity contribution is 7.94. The third kappa shape index (κ3) is 4.27. The first kappa shape index (κ1) is 25.3. The molecule has 2 aliphatic heterocycles. The van der Waals surface area contributed by atoms with Gasteiger partial charge in [-0.1, -0.05) is 11.8 Å². The minimum Gasteiger partial charge on any atom is -0.490 e. The van der Waals surface area contributed by atoms with E-state index in [4.69, 9.17) is 15.5 Å². The van der Waals surface area contributed by atoms with E-state index in [0.717, 1.165) is 24.0 Å². The normalized spacial score (nSPS) is 27.2. The third-order valence-electron chi connectivity index (χ3n) is 7.63. The van der Waals surface area contributed by atoms with Crippen molar-refractivity contribution in [3.63, 3.8) is 0 Å². The minimum atomic E-state index is -3.71. The minimum absolute atomic E-state index is 0.0610. The number of aromatic nitrogens is 1. The van der Waals surface area contributed by atoms with Gasteiger partial charge in [0.05, 0.1) is 11.4 Å². The molecule has 1 saturated carbocycles. The second kappa shape index (κ2) is 8.59. The first-order chi connectivity index (χ1) is 17.3. The Hall–Kier alpha value is -3.38. The van der Waals surface area contributed by atoms with Gasteiger partial charge in [0.15, 0.2) is 9.84 Å². The number of carbonyl (C=O) groups is 1. The van der Waals surface area contributed by atoms with Crippen molar-refractivity contribution in [3.05, 3.63) is 52.8 Å². The second-order valence-electron chi connectivity index (χ2n) is 11.0. The number of nitrogens with two attached hydrogens (primary N) is 1. The number of carbonyl (C=O) groups excluding carboxylic acids is 1. The van der Waals surface area contributed by atoms with E-state index in [1.54, 1.807) is 45.2 Å². The predicted octanol–water partition coefficient (Wildman–Crippen LogP) is 3.72. The molecule has 8 nitrogen and oxygen atoms in total. The molecule has 9 heteroatoms. The lowest BCUT2D eigenvalue weighted by molar-refractivity contribution is 0.102. The summed E-state index contributed by atoms with van der Waals surface area (Å²) in [7, 11) is -3.71. The molecule has 0 radical (unpaired) electrons. The van der Waals surface area contributed by atoms with Crippen LogP contribution in [0.5, 0.6) is 5.75 Å². The number of anilines is 1. The zero-order valence-electron chi connectivity index (χ0n) is 21.8. The van der Waals surface area contributed by atoms with Gasteiger partial charge in [-0.25, -0.2) is 13.4 Å². The molecule has 0 bridgehead atoms. The lowest BCUT2D eigenvalue weighted by Crippen LogP contribution is -2.60. The number of hydrogen-bond donors (Lipinski definition) is 2. The summed E-state index contributed by atoms with van der Waals surface area (Å²) in [6.07, 6.45) is 3.83. The molecule has 5 rings (SSSR count). The molecule has 2 aromatic rings. The van der Waals surface area contributed by atoms with Gasteiger partial charge >= 0.3 is 0 Å². The molecule has 0 spiro atoms. The van der Waals surface area contributed by atoms with Gasteiger partial charge < -0.3 is 15.8 Å². The van der Waals surface area contributed by atoms with Crippen LogP contribution in [-0.2, 0) is 15.4 Å². The summed E-state index contributed by atoms with van der Waals surface area (Å²) in [5.74, 6) is 7.02. The smallest absolute Gasteiger partial charge is 0.274 e. The maximum Gasteiger partial charge on any atom is 0.274 e. The molecule has 1 aromatic heterocycles. The van der Waals surface area contributed by atoms with Crippen molar-refractivity contribution in [2.45, 2.75) is 75.5 Å². The van der Waals surface area contributed by atoms with Crippen molar-refractivity contribution < 1.29 is 17.9 Å². The Morgan fingerprint density at radius 2 is 1.95 bits per heavy atom. The zero-order valence-corrected chi connectivity index (χ0v) is 22.6. The predicted molar refractivity (Wildman–Crippen MR) is 143 cm³/mol. The van der Waals surface area contributed by atoms with E-state index in [0.29, 0.717) is 28.6 Å². The molecular weight excluding hydrogens is 488 g/mol. The van der Waals surface area contributed by atoms with E-state index in [1.165, 1.54) is 0 Å². The molecule has 1 aromatic carbocycles. The van der Waals surface area contributed by atoms with Crippen LogP contribution in [0, 0.1) is 24.7 Å². The fraction of sp³-hybridized carbons (Fsp3) is 0.464. The zero-order chi connectivity index (χ0) is 26.8. The number of pyridine rings is 1. The summed E-state index contributed by atoms with van der Waals surface area (Å²) >= 11 is 0. The van der Waals surface area contributed by atoms with Gasteiger partial charge in [-0.2, -0.15) is 0 Å². The standard InChI is InChI=1S/C28H32N4O4S/c1-16-12-19(9-8-18-6-7-18)15-30-24(16)25(33)31-20-10-11-22-21(14-20)28(5)23(13-17(2)36-22)37(34,35)27(3,4)26(29)32-28/h10-12,14-15,17-18,23H,6-7,13H2,1-5H3,(H2,29,32)(H,31,33)/t17-,23+,28+/m0/s1. The van der Waals surface area contributed by atoms with Gasteiger partial charge in [0.25, 0.3) is 5.91 Å². The molecule has 3 heterocycles. The topological polar surface area (TPSA) is 124 Å². The van der Waals surface area contributed by atoms with E-state index < -0.39 is 25.4 Å². The van der Waals surface area contributed by atoms with Crippen LogP contribution in [0.25, 0.3) is 0 Å².